The summed E-state index contributed by atoms with van der Waals surface area (Å²) in [6, 6.07) is 10.6. The second-order valence-corrected chi connectivity index (χ2v) is 7.84. The first-order valence-corrected chi connectivity index (χ1v) is 10.7. The van der Waals surface area contributed by atoms with E-state index in [4.69, 9.17) is 4.74 Å². The summed E-state index contributed by atoms with van der Waals surface area (Å²) in [5, 5.41) is 8.18. The van der Waals surface area contributed by atoms with Gasteiger partial charge in [0.1, 0.15) is 5.75 Å². The number of ether oxygens (including phenoxy) is 1. The molecule has 1 unspecified atom stereocenters. The predicted octanol–water partition coefficient (Wildman–Crippen LogP) is 2.52. The molecule has 3 heterocycles. The predicted molar refractivity (Wildman–Crippen MR) is 116 cm³/mol. The van der Waals surface area contributed by atoms with Crippen molar-refractivity contribution in [2.75, 3.05) is 40.3 Å². The second-order valence-electron chi connectivity index (χ2n) is 7.84. The molecule has 1 aromatic carbocycles. The normalized spacial score (nSPS) is 20.8. The zero-order chi connectivity index (χ0) is 20.1. The van der Waals surface area contributed by atoms with E-state index in [1.165, 1.54) is 38.8 Å². The zero-order valence-electron chi connectivity index (χ0n) is 17.5. The van der Waals surface area contributed by atoms with Gasteiger partial charge in [-0.15, -0.1) is 0 Å². The number of nitrogens with zero attached hydrogens (tertiary/aromatic N) is 5. The Bertz CT molecular complexity index is 809. The molecule has 0 bridgehead atoms. The first-order chi connectivity index (χ1) is 14.3. The van der Waals surface area contributed by atoms with Crippen molar-refractivity contribution in [2.45, 2.75) is 38.3 Å². The molecule has 0 saturated carbocycles. The van der Waals surface area contributed by atoms with Gasteiger partial charge in [0, 0.05) is 32.4 Å². The summed E-state index contributed by atoms with van der Waals surface area (Å²) in [5.41, 5.74) is 2.01. The van der Waals surface area contributed by atoms with Crippen LogP contribution in [0.3, 0.4) is 0 Å². The van der Waals surface area contributed by atoms with Gasteiger partial charge in [0.15, 0.2) is 5.96 Å². The number of likely N-dealkylation sites (tertiary alicyclic amines) is 2. The number of aromatic nitrogens is 2. The molecule has 1 atom stereocenters. The summed E-state index contributed by atoms with van der Waals surface area (Å²) in [7, 11) is 3.54. The fourth-order valence-corrected chi connectivity index (χ4v) is 4.35. The molecule has 0 radical (unpaired) electrons. The molecule has 2 fully saturated rings. The standard InChI is InChI=1S/C22H32N6O/c1-23-22(27-14-11-20(17-27)26-12-4-3-5-13-26)24-16-18-10-15-28(25-18)19-6-8-21(29-2)9-7-19/h6-10,15,20H,3-5,11-14,16-17H2,1-2H3,(H,23,24). The smallest absolute Gasteiger partial charge is 0.194 e. The molecule has 29 heavy (non-hydrogen) atoms. The summed E-state index contributed by atoms with van der Waals surface area (Å²) in [6.45, 7) is 5.32. The van der Waals surface area contributed by atoms with Gasteiger partial charge in [-0.1, -0.05) is 6.42 Å². The van der Waals surface area contributed by atoms with E-state index in [0.717, 1.165) is 36.2 Å². The van der Waals surface area contributed by atoms with Crippen molar-refractivity contribution in [2.24, 2.45) is 4.99 Å². The molecule has 1 aromatic heterocycles. The molecule has 2 aliphatic heterocycles. The summed E-state index contributed by atoms with van der Waals surface area (Å²) >= 11 is 0. The minimum atomic E-state index is 0.667. The van der Waals surface area contributed by atoms with Crippen molar-refractivity contribution in [1.29, 1.82) is 0 Å². The fourth-order valence-electron chi connectivity index (χ4n) is 4.35. The van der Waals surface area contributed by atoms with Crippen LogP contribution in [0.4, 0.5) is 0 Å². The molecule has 7 heteroatoms. The molecule has 0 spiro atoms. The van der Waals surface area contributed by atoms with Crippen LogP contribution < -0.4 is 10.1 Å². The van der Waals surface area contributed by atoms with E-state index >= 15 is 0 Å². The minimum Gasteiger partial charge on any atom is -0.497 e. The van der Waals surface area contributed by atoms with Crippen molar-refractivity contribution in [1.82, 2.24) is 24.9 Å². The largest absolute Gasteiger partial charge is 0.497 e. The molecule has 0 aliphatic carbocycles. The second kappa shape index (κ2) is 9.31. The highest BCUT2D eigenvalue weighted by Crippen LogP contribution is 2.20. The van der Waals surface area contributed by atoms with Gasteiger partial charge in [0.25, 0.3) is 0 Å². The lowest BCUT2D eigenvalue weighted by molar-refractivity contribution is 0.168. The van der Waals surface area contributed by atoms with Crippen LogP contribution >= 0.6 is 0 Å². The number of hydrogen-bond donors (Lipinski definition) is 1. The van der Waals surface area contributed by atoms with E-state index in [1.807, 2.05) is 48.3 Å². The lowest BCUT2D eigenvalue weighted by Crippen LogP contribution is -2.44. The van der Waals surface area contributed by atoms with Crippen LogP contribution in [0.5, 0.6) is 5.75 Å². The van der Waals surface area contributed by atoms with Gasteiger partial charge < -0.3 is 15.0 Å². The Labute approximate surface area is 173 Å². The SMILES string of the molecule is CN=C(NCc1ccn(-c2ccc(OC)cc2)n1)N1CCC(N2CCCCC2)C1. The first-order valence-electron chi connectivity index (χ1n) is 10.7. The van der Waals surface area contributed by atoms with Gasteiger partial charge in [-0.25, -0.2) is 4.68 Å². The number of guanidine groups is 1. The maximum atomic E-state index is 5.22. The van der Waals surface area contributed by atoms with Gasteiger partial charge in [0.2, 0.25) is 0 Å². The van der Waals surface area contributed by atoms with Crippen molar-refractivity contribution < 1.29 is 4.74 Å². The molecule has 0 amide bonds. The molecule has 2 saturated heterocycles. The Morgan fingerprint density at radius 3 is 2.66 bits per heavy atom. The van der Waals surface area contributed by atoms with E-state index in [1.54, 1.807) is 7.11 Å². The van der Waals surface area contributed by atoms with Crippen molar-refractivity contribution >= 4 is 5.96 Å². The highest BCUT2D eigenvalue weighted by atomic mass is 16.5. The topological polar surface area (TPSA) is 57.9 Å². The summed E-state index contributed by atoms with van der Waals surface area (Å²) in [4.78, 5) is 9.58. The lowest BCUT2D eigenvalue weighted by atomic mass is 10.1. The molecular formula is C22H32N6O. The molecular weight excluding hydrogens is 364 g/mol. The van der Waals surface area contributed by atoms with Crippen LogP contribution in [0.15, 0.2) is 41.5 Å². The Morgan fingerprint density at radius 1 is 1.14 bits per heavy atom. The maximum Gasteiger partial charge on any atom is 0.194 e. The third kappa shape index (κ3) is 4.72. The molecule has 7 nitrogen and oxygen atoms in total. The van der Waals surface area contributed by atoms with Crippen LogP contribution in [0.2, 0.25) is 0 Å². The Balaban J connectivity index is 1.31. The van der Waals surface area contributed by atoms with Crippen molar-refractivity contribution in [3.05, 3.63) is 42.2 Å². The molecule has 2 aromatic rings. The molecule has 4 rings (SSSR count). The fraction of sp³-hybridized carbons (Fsp3) is 0.545. The molecule has 1 N–H and O–H groups in total. The number of methoxy groups -OCH3 is 1. The number of piperidine rings is 1. The van der Waals surface area contributed by atoms with E-state index < -0.39 is 0 Å². The summed E-state index contributed by atoms with van der Waals surface area (Å²) in [6.07, 6.45) is 7.30. The minimum absolute atomic E-state index is 0.667. The third-order valence-corrected chi connectivity index (χ3v) is 5.99. The average Bonchev–Trinajstić information content (AvgIpc) is 3.45. The Morgan fingerprint density at radius 2 is 1.93 bits per heavy atom. The van der Waals surface area contributed by atoms with Crippen LogP contribution in [-0.2, 0) is 6.54 Å². The van der Waals surface area contributed by atoms with E-state index in [9.17, 15) is 0 Å². The number of rotatable bonds is 5. The maximum absolute atomic E-state index is 5.22. The highest BCUT2D eigenvalue weighted by molar-refractivity contribution is 5.80. The van der Waals surface area contributed by atoms with Gasteiger partial charge in [0.05, 0.1) is 25.0 Å². The Kier molecular flexibility index (Phi) is 6.34. The average molecular weight is 397 g/mol. The number of benzene rings is 1. The van der Waals surface area contributed by atoms with Crippen LogP contribution in [-0.4, -0.2) is 71.9 Å². The van der Waals surface area contributed by atoms with E-state index in [-0.39, 0.29) is 0 Å². The Hall–Kier alpha value is -2.54. The van der Waals surface area contributed by atoms with Crippen LogP contribution in [0.1, 0.15) is 31.4 Å². The van der Waals surface area contributed by atoms with Gasteiger partial charge in [-0.05, 0) is 62.7 Å². The van der Waals surface area contributed by atoms with E-state index in [0.29, 0.717) is 12.6 Å². The number of aliphatic imine (C=N–C) groups is 1. The number of nitrogens with one attached hydrogen (secondary N) is 1. The summed E-state index contributed by atoms with van der Waals surface area (Å²) in [5.74, 6) is 1.82. The zero-order valence-corrected chi connectivity index (χ0v) is 17.5. The lowest BCUT2D eigenvalue weighted by Gasteiger charge is -2.32. The van der Waals surface area contributed by atoms with Gasteiger partial charge in [-0.2, -0.15) is 5.10 Å². The highest BCUT2D eigenvalue weighted by Gasteiger charge is 2.29. The van der Waals surface area contributed by atoms with Gasteiger partial charge >= 0.3 is 0 Å². The van der Waals surface area contributed by atoms with Gasteiger partial charge in [-0.3, -0.25) is 9.89 Å². The van der Waals surface area contributed by atoms with Crippen LogP contribution in [0, 0.1) is 0 Å². The third-order valence-electron chi connectivity index (χ3n) is 5.99. The number of hydrogen-bond acceptors (Lipinski definition) is 4. The molecule has 156 valence electrons. The molecule has 2 aliphatic rings. The first kappa shape index (κ1) is 19.8. The van der Waals surface area contributed by atoms with Crippen LogP contribution in [0.25, 0.3) is 5.69 Å². The monoisotopic (exact) mass is 396 g/mol. The van der Waals surface area contributed by atoms with Crippen molar-refractivity contribution in [3.8, 4) is 11.4 Å². The summed E-state index contributed by atoms with van der Waals surface area (Å²) < 4.78 is 7.11. The van der Waals surface area contributed by atoms with E-state index in [2.05, 4.69) is 25.2 Å². The van der Waals surface area contributed by atoms with Crippen molar-refractivity contribution in [3.63, 3.8) is 0 Å². The quantitative estimate of drug-likeness (QED) is 0.622.